The highest BCUT2D eigenvalue weighted by Gasteiger charge is 2.24. The Kier molecular flexibility index (Phi) is 5.75. The highest BCUT2D eigenvalue weighted by Crippen LogP contribution is 2.26. The van der Waals surface area contributed by atoms with Gasteiger partial charge in [0, 0.05) is 48.2 Å². The van der Waals surface area contributed by atoms with Crippen LogP contribution in [0, 0.1) is 6.92 Å². The standard InChI is InChI=1S/C24H28N6O2/c1-16-15-21(28-24(25-16)30-13-5-2-6-14-30)26-17-9-11-18(12-10-17)27-23(31)22-19-7-3-4-8-20(19)32-29-22/h9-12,15H,2-8,13-14H2,1H3,(H,27,31)(H,25,26,28). The summed E-state index contributed by atoms with van der Waals surface area (Å²) < 4.78 is 5.36. The molecule has 1 aliphatic carbocycles. The quantitative estimate of drug-likeness (QED) is 0.606. The number of aryl methyl sites for hydroxylation is 2. The van der Waals surface area contributed by atoms with E-state index in [9.17, 15) is 4.79 Å². The molecule has 2 N–H and O–H groups in total. The van der Waals surface area contributed by atoms with Gasteiger partial charge in [-0.25, -0.2) is 4.98 Å². The zero-order chi connectivity index (χ0) is 21.9. The van der Waals surface area contributed by atoms with Crippen LogP contribution in [0.1, 0.15) is 59.6 Å². The molecule has 0 saturated carbocycles. The Hall–Kier alpha value is -3.42. The Balaban J connectivity index is 1.26. The van der Waals surface area contributed by atoms with Crippen molar-refractivity contribution in [1.29, 1.82) is 0 Å². The Morgan fingerprint density at radius 3 is 2.53 bits per heavy atom. The Morgan fingerprint density at radius 2 is 1.72 bits per heavy atom. The number of fused-ring (bicyclic) bond motifs is 1. The number of nitrogens with zero attached hydrogens (tertiary/aromatic N) is 4. The number of amides is 1. The maximum absolute atomic E-state index is 12.7. The molecule has 1 fully saturated rings. The molecular weight excluding hydrogens is 404 g/mol. The molecule has 8 nitrogen and oxygen atoms in total. The van der Waals surface area contributed by atoms with E-state index in [2.05, 4.69) is 25.7 Å². The van der Waals surface area contributed by atoms with Gasteiger partial charge in [0.15, 0.2) is 5.69 Å². The molecule has 0 spiro atoms. The summed E-state index contributed by atoms with van der Waals surface area (Å²) in [6.45, 7) is 4.00. The number of nitrogens with one attached hydrogen (secondary N) is 2. The number of hydrogen-bond donors (Lipinski definition) is 2. The number of carbonyl (C=O) groups is 1. The van der Waals surface area contributed by atoms with Crippen molar-refractivity contribution in [2.24, 2.45) is 0 Å². The van der Waals surface area contributed by atoms with Gasteiger partial charge in [0.2, 0.25) is 5.95 Å². The number of hydrogen-bond acceptors (Lipinski definition) is 7. The van der Waals surface area contributed by atoms with Crippen molar-refractivity contribution in [1.82, 2.24) is 15.1 Å². The fraction of sp³-hybridized carbons (Fsp3) is 0.417. The highest BCUT2D eigenvalue weighted by molar-refractivity contribution is 6.04. The van der Waals surface area contributed by atoms with Crippen LogP contribution in [0.5, 0.6) is 0 Å². The van der Waals surface area contributed by atoms with Gasteiger partial charge >= 0.3 is 0 Å². The van der Waals surface area contributed by atoms with E-state index in [0.717, 1.165) is 73.2 Å². The molecule has 1 saturated heterocycles. The van der Waals surface area contributed by atoms with E-state index in [4.69, 9.17) is 9.51 Å². The second-order valence-corrected chi connectivity index (χ2v) is 8.54. The molecule has 1 amide bonds. The highest BCUT2D eigenvalue weighted by atomic mass is 16.5. The molecule has 0 unspecified atom stereocenters. The summed E-state index contributed by atoms with van der Waals surface area (Å²) in [7, 11) is 0. The Morgan fingerprint density at radius 1 is 0.969 bits per heavy atom. The van der Waals surface area contributed by atoms with Crippen molar-refractivity contribution in [3.8, 4) is 0 Å². The first-order valence-corrected chi connectivity index (χ1v) is 11.4. The maximum atomic E-state index is 12.7. The summed E-state index contributed by atoms with van der Waals surface area (Å²) in [4.78, 5) is 24.3. The van der Waals surface area contributed by atoms with E-state index < -0.39 is 0 Å². The normalized spacial score (nSPS) is 15.8. The predicted octanol–water partition coefficient (Wildman–Crippen LogP) is 4.64. The van der Waals surface area contributed by atoms with Crippen molar-refractivity contribution < 1.29 is 9.32 Å². The first kappa shape index (κ1) is 20.5. The average Bonchev–Trinajstić information content (AvgIpc) is 3.25. The lowest BCUT2D eigenvalue weighted by Crippen LogP contribution is -2.31. The largest absolute Gasteiger partial charge is 0.360 e. The lowest BCUT2D eigenvalue weighted by Gasteiger charge is -2.27. The van der Waals surface area contributed by atoms with E-state index in [0.29, 0.717) is 11.4 Å². The number of rotatable bonds is 5. The summed E-state index contributed by atoms with van der Waals surface area (Å²) >= 11 is 0. The Labute approximate surface area is 187 Å². The van der Waals surface area contributed by atoms with Gasteiger partial charge in [0.1, 0.15) is 11.6 Å². The number of benzene rings is 1. The van der Waals surface area contributed by atoms with Crippen LogP contribution in [0.15, 0.2) is 34.9 Å². The fourth-order valence-electron chi connectivity index (χ4n) is 4.39. The van der Waals surface area contributed by atoms with E-state index in [-0.39, 0.29) is 5.91 Å². The molecule has 0 atom stereocenters. The van der Waals surface area contributed by atoms with Crippen LogP contribution in [0.4, 0.5) is 23.1 Å². The molecule has 5 rings (SSSR count). The first-order valence-electron chi connectivity index (χ1n) is 11.4. The van der Waals surface area contributed by atoms with Gasteiger partial charge < -0.3 is 20.1 Å². The topological polar surface area (TPSA) is 96.2 Å². The van der Waals surface area contributed by atoms with E-state index >= 15 is 0 Å². The molecule has 2 aromatic heterocycles. The van der Waals surface area contributed by atoms with Crippen molar-refractivity contribution >= 4 is 29.0 Å². The number of piperidine rings is 1. The van der Waals surface area contributed by atoms with Gasteiger partial charge in [-0.2, -0.15) is 4.98 Å². The SMILES string of the molecule is Cc1cc(Nc2ccc(NC(=O)c3noc4c3CCCC4)cc2)nc(N2CCCCC2)n1. The Bertz CT molecular complexity index is 1100. The van der Waals surface area contributed by atoms with Crippen LogP contribution in [0.2, 0.25) is 0 Å². The van der Waals surface area contributed by atoms with Crippen LogP contribution in [-0.4, -0.2) is 34.1 Å². The number of carbonyl (C=O) groups excluding carboxylic acids is 1. The average molecular weight is 433 g/mol. The van der Waals surface area contributed by atoms with Crippen molar-refractivity contribution in [3.05, 3.63) is 53.0 Å². The molecule has 1 aliphatic heterocycles. The lowest BCUT2D eigenvalue weighted by molar-refractivity contribution is 0.101. The van der Waals surface area contributed by atoms with Crippen LogP contribution >= 0.6 is 0 Å². The molecule has 3 heterocycles. The van der Waals surface area contributed by atoms with Crippen LogP contribution in [0.25, 0.3) is 0 Å². The third kappa shape index (κ3) is 4.44. The van der Waals surface area contributed by atoms with E-state index in [1.54, 1.807) is 0 Å². The van der Waals surface area contributed by atoms with Gasteiger partial charge in [0.05, 0.1) is 0 Å². The van der Waals surface area contributed by atoms with Crippen molar-refractivity contribution in [3.63, 3.8) is 0 Å². The minimum absolute atomic E-state index is 0.227. The third-order valence-electron chi connectivity index (χ3n) is 6.06. The minimum Gasteiger partial charge on any atom is -0.360 e. The predicted molar refractivity (Wildman–Crippen MR) is 124 cm³/mol. The van der Waals surface area contributed by atoms with Gasteiger partial charge in [-0.05, 0) is 69.7 Å². The summed E-state index contributed by atoms with van der Waals surface area (Å²) in [5.74, 6) is 2.18. The van der Waals surface area contributed by atoms with Crippen molar-refractivity contribution in [2.75, 3.05) is 28.6 Å². The minimum atomic E-state index is -0.227. The maximum Gasteiger partial charge on any atom is 0.278 e. The molecule has 1 aromatic carbocycles. The second-order valence-electron chi connectivity index (χ2n) is 8.54. The zero-order valence-corrected chi connectivity index (χ0v) is 18.4. The number of anilines is 4. The molecule has 3 aromatic rings. The van der Waals surface area contributed by atoms with Gasteiger partial charge in [-0.15, -0.1) is 0 Å². The van der Waals surface area contributed by atoms with Crippen LogP contribution in [0.3, 0.4) is 0 Å². The summed E-state index contributed by atoms with van der Waals surface area (Å²) in [6, 6.07) is 9.52. The summed E-state index contributed by atoms with van der Waals surface area (Å²) in [6.07, 6.45) is 7.50. The van der Waals surface area contributed by atoms with E-state index in [1.807, 2.05) is 37.3 Å². The molecular formula is C24H28N6O2. The van der Waals surface area contributed by atoms with Crippen LogP contribution in [-0.2, 0) is 12.8 Å². The lowest BCUT2D eigenvalue weighted by atomic mass is 9.96. The zero-order valence-electron chi connectivity index (χ0n) is 18.4. The van der Waals surface area contributed by atoms with Gasteiger partial charge in [-0.3, -0.25) is 4.79 Å². The van der Waals surface area contributed by atoms with E-state index in [1.165, 1.54) is 19.3 Å². The number of aromatic nitrogens is 3. The molecule has 0 bridgehead atoms. The smallest absolute Gasteiger partial charge is 0.278 e. The molecule has 8 heteroatoms. The monoisotopic (exact) mass is 432 g/mol. The third-order valence-corrected chi connectivity index (χ3v) is 6.06. The molecule has 166 valence electrons. The van der Waals surface area contributed by atoms with Crippen LogP contribution < -0.4 is 15.5 Å². The molecule has 32 heavy (non-hydrogen) atoms. The van der Waals surface area contributed by atoms with Gasteiger partial charge in [-0.1, -0.05) is 5.16 Å². The first-order chi connectivity index (χ1) is 15.7. The molecule has 0 radical (unpaired) electrons. The summed E-state index contributed by atoms with van der Waals surface area (Å²) in [5.41, 5.74) is 3.90. The summed E-state index contributed by atoms with van der Waals surface area (Å²) in [5, 5.41) is 10.3. The fourth-order valence-corrected chi connectivity index (χ4v) is 4.39. The van der Waals surface area contributed by atoms with Crippen molar-refractivity contribution in [2.45, 2.75) is 51.9 Å². The molecule has 2 aliphatic rings. The second kappa shape index (κ2) is 8.98. The van der Waals surface area contributed by atoms with Gasteiger partial charge in [0.25, 0.3) is 5.91 Å².